The normalized spacial score (nSPS) is 29.6. The van der Waals surface area contributed by atoms with Crippen LogP contribution in [0.15, 0.2) is 54.7 Å². The monoisotopic (exact) mass is 289 g/mol. The molecule has 0 spiro atoms. The molecule has 4 nitrogen and oxygen atoms in total. The van der Waals surface area contributed by atoms with Crippen molar-refractivity contribution in [3.05, 3.63) is 71.5 Å². The molecule has 2 aromatic rings. The second-order valence-corrected chi connectivity index (χ2v) is 5.98. The highest BCUT2D eigenvalue weighted by atomic mass is 16.1. The van der Waals surface area contributed by atoms with Gasteiger partial charge in [-0.15, -0.1) is 0 Å². The van der Waals surface area contributed by atoms with Gasteiger partial charge in [-0.05, 0) is 30.5 Å². The summed E-state index contributed by atoms with van der Waals surface area (Å²) in [6.07, 6.45) is 3.42. The maximum absolute atomic E-state index is 12.6. The van der Waals surface area contributed by atoms with Gasteiger partial charge in [0.25, 0.3) is 0 Å². The topological polar surface area (TPSA) is 66.4 Å². The Labute approximate surface area is 128 Å². The standard InChI is InChI=1S/C18H15N3O/c19-21-16-13-9-10-14(17(16)22)18(13,12-6-2-1-3-7-12)15-8-4-5-11-20-15/h1-8,11,13-14H,9-10H2/t13-,14+,18-/m1/s1. The van der Waals surface area contributed by atoms with Crippen molar-refractivity contribution in [1.29, 1.82) is 0 Å². The number of carbonyl (C=O) groups excluding carboxylic acids is 1. The van der Waals surface area contributed by atoms with E-state index >= 15 is 0 Å². The highest BCUT2D eigenvalue weighted by Gasteiger charge is 2.68. The van der Waals surface area contributed by atoms with Gasteiger partial charge in [0.05, 0.1) is 17.0 Å². The Balaban J connectivity index is 2.04. The number of nitrogens with zero attached hydrogens (tertiary/aromatic N) is 3. The van der Waals surface area contributed by atoms with Crippen LogP contribution < -0.4 is 0 Å². The molecule has 22 heavy (non-hydrogen) atoms. The van der Waals surface area contributed by atoms with Crippen LogP contribution >= 0.6 is 0 Å². The zero-order chi connectivity index (χ0) is 15.2. The third-order valence-electron chi connectivity index (χ3n) is 5.19. The summed E-state index contributed by atoms with van der Waals surface area (Å²) in [5.74, 6) is -0.332. The van der Waals surface area contributed by atoms with Crippen LogP contribution in [-0.2, 0) is 10.2 Å². The number of Topliss-reactive ketones (excluding diaryl/α,β-unsaturated/α-hetero) is 1. The lowest BCUT2D eigenvalue weighted by Gasteiger charge is -2.32. The first kappa shape index (κ1) is 13.1. The Hall–Kier alpha value is -2.58. The van der Waals surface area contributed by atoms with Crippen molar-refractivity contribution in [2.24, 2.45) is 11.8 Å². The number of carbonyl (C=O) groups is 1. The Morgan fingerprint density at radius 3 is 2.41 bits per heavy atom. The van der Waals surface area contributed by atoms with Gasteiger partial charge in [0.1, 0.15) is 0 Å². The van der Waals surface area contributed by atoms with Gasteiger partial charge in [-0.3, -0.25) is 9.78 Å². The van der Waals surface area contributed by atoms with E-state index in [-0.39, 0.29) is 17.6 Å². The first-order valence-electron chi connectivity index (χ1n) is 7.53. The van der Waals surface area contributed by atoms with Crippen molar-refractivity contribution in [2.45, 2.75) is 18.3 Å². The van der Waals surface area contributed by atoms with Crippen molar-refractivity contribution in [1.82, 2.24) is 4.98 Å². The molecule has 2 fully saturated rings. The molecular formula is C18H15N3O. The number of pyridine rings is 1. The van der Waals surface area contributed by atoms with Crippen molar-refractivity contribution in [3.8, 4) is 0 Å². The molecule has 108 valence electrons. The maximum Gasteiger partial charge on any atom is 0.339 e. The molecule has 0 unspecified atom stereocenters. The summed E-state index contributed by atoms with van der Waals surface area (Å²) in [5, 5.41) is 0. The zero-order valence-electron chi connectivity index (χ0n) is 12.0. The fourth-order valence-corrected chi connectivity index (χ4v) is 4.42. The van der Waals surface area contributed by atoms with Gasteiger partial charge >= 0.3 is 5.71 Å². The Morgan fingerprint density at radius 1 is 1.05 bits per heavy atom. The Bertz CT molecular complexity index is 739. The lowest BCUT2D eigenvalue weighted by molar-refractivity contribution is -0.120. The molecule has 0 N–H and O–H groups in total. The van der Waals surface area contributed by atoms with Gasteiger partial charge in [-0.25, -0.2) is 0 Å². The molecule has 1 heterocycles. The first-order chi connectivity index (χ1) is 10.8. The van der Waals surface area contributed by atoms with Crippen LogP contribution in [0.25, 0.3) is 5.53 Å². The van der Waals surface area contributed by atoms with Crippen LogP contribution in [0.5, 0.6) is 0 Å². The Kier molecular flexibility index (Phi) is 2.81. The molecule has 2 bridgehead atoms. The van der Waals surface area contributed by atoms with Crippen LogP contribution in [0, 0.1) is 11.8 Å². The maximum atomic E-state index is 12.6. The summed E-state index contributed by atoms with van der Waals surface area (Å²) < 4.78 is 0. The van der Waals surface area contributed by atoms with Crippen LogP contribution in [0.1, 0.15) is 24.1 Å². The van der Waals surface area contributed by atoms with E-state index in [0.717, 1.165) is 24.1 Å². The average molecular weight is 289 g/mol. The summed E-state index contributed by atoms with van der Waals surface area (Å²) in [5.41, 5.74) is 11.1. The van der Waals surface area contributed by atoms with E-state index in [1.54, 1.807) is 6.20 Å². The van der Waals surface area contributed by atoms with Crippen LogP contribution in [0.3, 0.4) is 0 Å². The molecule has 4 rings (SSSR count). The second kappa shape index (κ2) is 4.72. The van der Waals surface area contributed by atoms with E-state index in [2.05, 4.69) is 9.77 Å². The number of hydrogen-bond acceptors (Lipinski definition) is 2. The summed E-state index contributed by atoms with van der Waals surface area (Å²) in [4.78, 5) is 20.5. The molecule has 4 heteroatoms. The molecule has 2 saturated carbocycles. The highest BCUT2D eigenvalue weighted by Crippen LogP contribution is 2.58. The van der Waals surface area contributed by atoms with Crippen molar-refractivity contribution >= 4 is 11.5 Å². The fourth-order valence-electron chi connectivity index (χ4n) is 4.42. The second-order valence-electron chi connectivity index (χ2n) is 5.98. The molecule has 2 aliphatic carbocycles. The fraction of sp³-hybridized carbons (Fsp3) is 0.278. The summed E-state index contributed by atoms with van der Waals surface area (Å²) in [6, 6.07) is 15.8. The number of hydrogen-bond donors (Lipinski definition) is 0. The molecule has 1 aromatic carbocycles. The number of aromatic nitrogens is 1. The van der Waals surface area contributed by atoms with Gasteiger partial charge in [0.15, 0.2) is 0 Å². The average Bonchev–Trinajstić information content (AvgIpc) is 3.08. The SMILES string of the molecule is [N-]=[N+]=C1C(=O)[C@@H]2CC[C@H]1[C@@]2(c1ccccc1)c1ccccn1. The summed E-state index contributed by atoms with van der Waals surface area (Å²) >= 11 is 0. The van der Waals surface area contributed by atoms with E-state index in [0.29, 0.717) is 5.71 Å². The van der Waals surface area contributed by atoms with E-state index in [4.69, 9.17) is 0 Å². The zero-order valence-corrected chi connectivity index (χ0v) is 12.0. The van der Waals surface area contributed by atoms with Gasteiger partial charge in [0, 0.05) is 12.1 Å². The lowest BCUT2D eigenvalue weighted by atomic mass is 9.69. The lowest BCUT2D eigenvalue weighted by Crippen LogP contribution is -2.35. The molecule has 0 aliphatic heterocycles. The van der Waals surface area contributed by atoms with E-state index < -0.39 is 5.41 Å². The number of ketones is 1. The predicted molar refractivity (Wildman–Crippen MR) is 81.3 cm³/mol. The predicted octanol–water partition coefficient (Wildman–Crippen LogP) is 2.65. The molecule has 2 aliphatic rings. The van der Waals surface area contributed by atoms with Crippen LogP contribution in [0.4, 0.5) is 0 Å². The quantitative estimate of drug-likeness (QED) is 0.630. The molecule has 3 atom stereocenters. The van der Waals surface area contributed by atoms with E-state index in [1.165, 1.54) is 0 Å². The summed E-state index contributed by atoms with van der Waals surface area (Å²) in [6.45, 7) is 0. The van der Waals surface area contributed by atoms with Crippen molar-refractivity contribution in [3.63, 3.8) is 0 Å². The first-order valence-corrected chi connectivity index (χ1v) is 7.53. The highest BCUT2D eigenvalue weighted by molar-refractivity contribution is 6.43. The number of rotatable bonds is 2. The van der Waals surface area contributed by atoms with Crippen molar-refractivity contribution in [2.75, 3.05) is 0 Å². The van der Waals surface area contributed by atoms with Crippen LogP contribution in [-0.4, -0.2) is 21.3 Å². The number of benzene rings is 1. The summed E-state index contributed by atoms with van der Waals surface area (Å²) in [7, 11) is 0. The minimum absolute atomic E-state index is 0.0340. The van der Waals surface area contributed by atoms with E-state index in [1.807, 2.05) is 48.5 Å². The Morgan fingerprint density at radius 2 is 1.77 bits per heavy atom. The van der Waals surface area contributed by atoms with Gasteiger partial charge in [0.2, 0.25) is 5.78 Å². The largest absolute Gasteiger partial charge is 0.361 e. The van der Waals surface area contributed by atoms with Gasteiger partial charge in [-0.2, -0.15) is 4.79 Å². The van der Waals surface area contributed by atoms with Crippen LogP contribution in [0.2, 0.25) is 0 Å². The third kappa shape index (κ3) is 1.48. The molecule has 0 radical (unpaired) electrons. The van der Waals surface area contributed by atoms with Crippen molar-refractivity contribution < 1.29 is 9.58 Å². The minimum atomic E-state index is -0.499. The van der Waals surface area contributed by atoms with Gasteiger partial charge < -0.3 is 5.53 Å². The molecular weight excluding hydrogens is 274 g/mol. The van der Waals surface area contributed by atoms with Gasteiger partial charge in [-0.1, -0.05) is 36.4 Å². The smallest absolute Gasteiger partial charge is 0.339 e. The van der Waals surface area contributed by atoms with E-state index in [9.17, 15) is 10.3 Å². The number of fused-ring (bicyclic) bond motifs is 2. The minimum Gasteiger partial charge on any atom is -0.361 e. The molecule has 1 aromatic heterocycles. The molecule has 0 amide bonds. The third-order valence-corrected chi connectivity index (χ3v) is 5.19. The molecule has 0 saturated heterocycles.